The number of nitrogens with two attached hydrogens (primary N) is 1. The van der Waals surface area contributed by atoms with Crippen molar-refractivity contribution in [1.29, 1.82) is 0 Å². The summed E-state index contributed by atoms with van der Waals surface area (Å²) >= 11 is 0. The second kappa shape index (κ2) is 2.32. The second-order valence-corrected chi connectivity index (χ2v) is 5.59. The summed E-state index contributed by atoms with van der Waals surface area (Å²) < 4.78 is 0. The Kier molecular flexibility index (Phi) is 1.45. The molecule has 3 rings (SSSR count). The van der Waals surface area contributed by atoms with Crippen molar-refractivity contribution in [3.05, 3.63) is 0 Å². The Balaban J connectivity index is 1.75. The lowest BCUT2D eigenvalue weighted by Gasteiger charge is -2.38. The Labute approximate surface area is 84.4 Å². The molecule has 4 atom stereocenters. The third kappa shape index (κ3) is 0.800. The van der Waals surface area contributed by atoms with E-state index in [1.165, 1.54) is 19.3 Å². The molecule has 3 nitrogen and oxygen atoms in total. The number of primary amides is 1. The zero-order valence-electron chi connectivity index (χ0n) is 8.68. The van der Waals surface area contributed by atoms with Gasteiger partial charge in [0.2, 0.25) is 5.91 Å². The molecule has 3 fully saturated rings. The highest BCUT2D eigenvalue weighted by molar-refractivity contribution is 5.80. The minimum atomic E-state index is -0.170. The average Bonchev–Trinajstić information content (AvgIpc) is 2.60. The van der Waals surface area contributed by atoms with Gasteiger partial charge in [-0.05, 0) is 42.4 Å². The summed E-state index contributed by atoms with van der Waals surface area (Å²) in [5.74, 6) is 0.701. The van der Waals surface area contributed by atoms with Crippen molar-refractivity contribution >= 4 is 5.91 Å². The summed E-state index contributed by atoms with van der Waals surface area (Å²) in [5, 5.41) is 3.28. The molecule has 0 aromatic carbocycles. The van der Waals surface area contributed by atoms with E-state index in [-0.39, 0.29) is 11.9 Å². The van der Waals surface area contributed by atoms with Gasteiger partial charge in [-0.25, -0.2) is 0 Å². The fourth-order valence-corrected chi connectivity index (χ4v) is 3.96. The maximum Gasteiger partial charge on any atom is 0.234 e. The van der Waals surface area contributed by atoms with E-state index in [1.54, 1.807) is 0 Å². The average molecular weight is 194 g/mol. The molecule has 1 amide bonds. The first-order valence-corrected chi connectivity index (χ1v) is 5.62. The van der Waals surface area contributed by atoms with E-state index in [9.17, 15) is 4.79 Å². The van der Waals surface area contributed by atoms with Crippen LogP contribution in [0.3, 0.4) is 0 Å². The second-order valence-electron chi connectivity index (χ2n) is 5.59. The number of carbonyl (C=O) groups is 1. The van der Waals surface area contributed by atoms with E-state index < -0.39 is 0 Å². The van der Waals surface area contributed by atoms with Gasteiger partial charge in [0, 0.05) is 6.54 Å². The lowest BCUT2D eigenvalue weighted by molar-refractivity contribution is -0.119. The number of nitrogens with one attached hydrogen (secondary N) is 1. The smallest absolute Gasteiger partial charge is 0.234 e. The van der Waals surface area contributed by atoms with Crippen molar-refractivity contribution in [3.63, 3.8) is 0 Å². The summed E-state index contributed by atoms with van der Waals surface area (Å²) in [6.07, 6.45) is 5.08. The van der Waals surface area contributed by atoms with Gasteiger partial charge >= 0.3 is 0 Å². The molecule has 2 spiro atoms. The first-order chi connectivity index (χ1) is 6.60. The van der Waals surface area contributed by atoms with Gasteiger partial charge in [-0.15, -0.1) is 0 Å². The molecule has 0 aromatic rings. The van der Waals surface area contributed by atoms with Gasteiger partial charge in [-0.2, -0.15) is 0 Å². The summed E-state index contributed by atoms with van der Waals surface area (Å²) in [6, 6.07) is -0.0535. The summed E-state index contributed by atoms with van der Waals surface area (Å²) in [6.45, 7) is 3.38. The van der Waals surface area contributed by atoms with Crippen LogP contribution in [0.15, 0.2) is 0 Å². The van der Waals surface area contributed by atoms with Crippen LogP contribution in [0.2, 0.25) is 0 Å². The van der Waals surface area contributed by atoms with E-state index in [4.69, 9.17) is 5.73 Å². The Morgan fingerprint density at radius 1 is 1.57 bits per heavy atom. The summed E-state index contributed by atoms with van der Waals surface area (Å²) in [5.41, 5.74) is 6.38. The largest absolute Gasteiger partial charge is 0.368 e. The lowest BCUT2D eigenvalue weighted by atomic mass is 9.66. The molecule has 0 aromatic heterocycles. The highest BCUT2D eigenvalue weighted by atomic mass is 16.1. The number of hydrogen-bond donors (Lipinski definition) is 2. The maximum atomic E-state index is 11.1. The minimum Gasteiger partial charge on any atom is -0.368 e. The number of fused-ring (bicyclic) bond motifs is 1. The van der Waals surface area contributed by atoms with Crippen LogP contribution in [0.25, 0.3) is 0 Å². The number of carbonyl (C=O) groups excluding carboxylic acids is 1. The predicted octanol–water partition coefficient (Wildman–Crippen LogP) is 0.640. The van der Waals surface area contributed by atoms with E-state index >= 15 is 0 Å². The van der Waals surface area contributed by atoms with Crippen LogP contribution in [0.4, 0.5) is 0 Å². The van der Waals surface area contributed by atoms with Gasteiger partial charge in [0.25, 0.3) is 0 Å². The van der Waals surface area contributed by atoms with Crippen molar-refractivity contribution in [2.45, 2.75) is 38.6 Å². The molecule has 3 aliphatic rings. The van der Waals surface area contributed by atoms with Gasteiger partial charge < -0.3 is 11.1 Å². The first-order valence-electron chi connectivity index (χ1n) is 5.62. The van der Waals surface area contributed by atoms with Crippen molar-refractivity contribution in [2.24, 2.45) is 22.5 Å². The Morgan fingerprint density at radius 2 is 2.36 bits per heavy atom. The van der Waals surface area contributed by atoms with Gasteiger partial charge in [-0.1, -0.05) is 6.92 Å². The van der Waals surface area contributed by atoms with Crippen LogP contribution >= 0.6 is 0 Å². The molecule has 2 saturated carbocycles. The lowest BCUT2D eigenvalue weighted by Crippen LogP contribution is -2.36. The molecule has 3 heteroatoms. The quantitative estimate of drug-likeness (QED) is 0.643. The van der Waals surface area contributed by atoms with Crippen molar-refractivity contribution < 1.29 is 4.79 Å². The molecule has 1 heterocycles. The van der Waals surface area contributed by atoms with Crippen molar-refractivity contribution in [2.75, 3.05) is 6.54 Å². The molecule has 4 unspecified atom stereocenters. The van der Waals surface area contributed by atoms with Crippen LogP contribution in [0.1, 0.15) is 32.6 Å². The zero-order chi connectivity index (χ0) is 9.97. The molecule has 0 bridgehead atoms. The van der Waals surface area contributed by atoms with E-state index in [2.05, 4.69) is 12.2 Å². The normalized spacial score (nSPS) is 54.9. The van der Waals surface area contributed by atoms with E-state index in [0.717, 1.165) is 18.9 Å². The fraction of sp³-hybridized carbons (Fsp3) is 0.909. The van der Waals surface area contributed by atoms with Crippen LogP contribution < -0.4 is 11.1 Å². The highest BCUT2D eigenvalue weighted by Gasteiger charge is 2.73. The topological polar surface area (TPSA) is 55.1 Å². The first kappa shape index (κ1) is 8.72. The highest BCUT2D eigenvalue weighted by Crippen LogP contribution is 2.78. The molecular formula is C11H18N2O. The molecule has 1 aliphatic heterocycles. The Hall–Kier alpha value is -0.570. The fourth-order valence-electron chi connectivity index (χ4n) is 3.96. The Bertz CT molecular complexity index is 304. The van der Waals surface area contributed by atoms with E-state index in [0.29, 0.717) is 10.8 Å². The summed E-state index contributed by atoms with van der Waals surface area (Å²) in [7, 11) is 0. The van der Waals surface area contributed by atoms with Gasteiger partial charge in [0.1, 0.15) is 0 Å². The molecule has 1 saturated heterocycles. The predicted molar refractivity (Wildman–Crippen MR) is 53.5 cm³/mol. The molecular weight excluding hydrogens is 176 g/mol. The van der Waals surface area contributed by atoms with Crippen LogP contribution in [0, 0.1) is 16.7 Å². The maximum absolute atomic E-state index is 11.1. The van der Waals surface area contributed by atoms with Gasteiger partial charge in [0.05, 0.1) is 6.04 Å². The van der Waals surface area contributed by atoms with Crippen LogP contribution in [0.5, 0.6) is 0 Å². The minimum absolute atomic E-state index is 0.0535. The third-order valence-electron chi connectivity index (χ3n) is 5.18. The SMILES string of the molecule is CC1CCC12CC21CNC(C(N)=O)C1. The van der Waals surface area contributed by atoms with E-state index in [1.807, 2.05) is 0 Å². The van der Waals surface area contributed by atoms with Crippen molar-refractivity contribution in [1.82, 2.24) is 5.32 Å². The Morgan fingerprint density at radius 3 is 2.71 bits per heavy atom. The summed E-state index contributed by atoms with van der Waals surface area (Å²) in [4.78, 5) is 11.1. The van der Waals surface area contributed by atoms with Gasteiger partial charge in [0.15, 0.2) is 0 Å². The number of amides is 1. The van der Waals surface area contributed by atoms with Gasteiger partial charge in [-0.3, -0.25) is 4.79 Å². The standard InChI is InChI=1S/C11H18N2O/c1-7-2-3-11(7)5-10(11)4-8(9(12)14)13-6-10/h7-8,13H,2-6H2,1H3,(H2,12,14). The third-order valence-corrected chi connectivity index (χ3v) is 5.18. The molecule has 3 N–H and O–H groups in total. The molecule has 78 valence electrons. The zero-order valence-corrected chi connectivity index (χ0v) is 8.68. The number of rotatable bonds is 1. The molecule has 2 aliphatic carbocycles. The van der Waals surface area contributed by atoms with Crippen LogP contribution in [-0.2, 0) is 4.79 Å². The monoisotopic (exact) mass is 194 g/mol. The van der Waals surface area contributed by atoms with Crippen LogP contribution in [-0.4, -0.2) is 18.5 Å². The number of hydrogen-bond acceptors (Lipinski definition) is 2. The molecule has 0 radical (unpaired) electrons. The van der Waals surface area contributed by atoms with Crippen molar-refractivity contribution in [3.8, 4) is 0 Å². The molecule has 14 heavy (non-hydrogen) atoms.